The predicted molar refractivity (Wildman–Crippen MR) is 94.2 cm³/mol. The van der Waals surface area contributed by atoms with E-state index in [1.165, 1.54) is 5.56 Å². The van der Waals surface area contributed by atoms with Crippen LogP contribution in [-0.2, 0) is 12.8 Å². The van der Waals surface area contributed by atoms with Crippen LogP contribution in [0.3, 0.4) is 0 Å². The number of rotatable bonds is 5. The van der Waals surface area contributed by atoms with Crippen LogP contribution in [0.2, 0.25) is 0 Å². The molecule has 24 heavy (non-hydrogen) atoms. The first-order valence-corrected chi connectivity index (χ1v) is 8.67. The van der Waals surface area contributed by atoms with Gasteiger partial charge in [-0.15, -0.1) is 0 Å². The van der Waals surface area contributed by atoms with Gasteiger partial charge in [0.15, 0.2) is 11.5 Å². The first kappa shape index (κ1) is 15.5. The number of pyridine rings is 1. The lowest BCUT2D eigenvalue weighted by Crippen LogP contribution is -2.43. The SMILES string of the molecule is COc1cc2nc3c(c(NCC4(O)CCC4)c2cc1OC)CCC3. The summed E-state index contributed by atoms with van der Waals surface area (Å²) in [6.07, 6.45) is 6.04. The number of nitrogens with one attached hydrogen (secondary N) is 1. The molecule has 1 aromatic carbocycles. The van der Waals surface area contributed by atoms with Crippen LogP contribution < -0.4 is 14.8 Å². The second-order valence-corrected chi connectivity index (χ2v) is 6.92. The van der Waals surface area contributed by atoms with Crippen LogP contribution >= 0.6 is 0 Å². The Bertz CT molecular complexity index is 784. The Hall–Kier alpha value is -2.01. The van der Waals surface area contributed by atoms with Crippen LogP contribution in [0, 0.1) is 0 Å². The summed E-state index contributed by atoms with van der Waals surface area (Å²) < 4.78 is 10.9. The average Bonchev–Trinajstić information content (AvgIpc) is 3.03. The lowest BCUT2D eigenvalue weighted by Gasteiger charge is -2.37. The van der Waals surface area contributed by atoms with Crippen molar-refractivity contribution in [1.82, 2.24) is 4.98 Å². The van der Waals surface area contributed by atoms with Crippen LogP contribution in [0.15, 0.2) is 12.1 Å². The molecule has 0 spiro atoms. The van der Waals surface area contributed by atoms with Gasteiger partial charge in [-0.3, -0.25) is 4.98 Å². The molecule has 1 aromatic heterocycles. The molecule has 5 heteroatoms. The molecule has 0 radical (unpaired) electrons. The highest BCUT2D eigenvalue weighted by Crippen LogP contribution is 2.40. The van der Waals surface area contributed by atoms with E-state index in [2.05, 4.69) is 5.32 Å². The molecule has 2 aliphatic rings. The molecule has 0 saturated heterocycles. The smallest absolute Gasteiger partial charge is 0.162 e. The molecule has 0 atom stereocenters. The van der Waals surface area contributed by atoms with E-state index in [0.29, 0.717) is 18.0 Å². The second-order valence-electron chi connectivity index (χ2n) is 6.92. The van der Waals surface area contributed by atoms with E-state index < -0.39 is 5.60 Å². The van der Waals surface area contributed by atoms with Gasteiger partial charge < -0.3 is 19.9 Å². The first-order valence-electron chi connectivity index (χ1n) is 8.67. The third-order valence-corrected chi connectivity index (χ3v) is 5.40. The minimum atomic E-state index is -0.558. The van der Waals surface area contributed by atoms with Crippen molar-refractivity contribution in [3.63, 3.8) is 0 Å². The molecule has 2 aliphatic carbocycles. The predicted octanol–water partition coefficient (Wildman–Crippen LogP) is 3.07. The number of fused-ring (bicyclic) bond motifs is 2. The quantitative estimate of drug-likeness (QED) is 0.883. The Morgan fingerprint density at radius 3 is 2.54 bits per heavy atom. The van der Waals surface area contributed by atoms with E-state index in [4.69, 9.17) is 14.5 Å². The third-order valence-electron chi connectivity index (χ3n) is 5.40. The van der Waals surface area contributed by atoms with Crippen molar-refractivity contribution in [2.75, 3.05) is 26.1 Å². The van der Waals surface area contributed by atoms with Gasteiger partial charge in [0.1, 0.15) is 0 Å². The fourth-order valence-corrected chi connectivity index (χ4v) is 3.81. The Morgan fingerprint density at radius 1 is 1.12 bits per heavy atom. The summed E-state index contributed by atoms with van der Waals surface area (Å²) in [5.74, 6) is 1.40. The Labute approximate surface area is 142 Å². The van der Waals surface area contributed by atoms with E-state index in [1.54, 1.807) is 14.2 Å². The van der Waals surface area contributed by atoms with E-state index >= 15 is 0 Å². The standard InChI is InChI=1S/C19H24N2O3/c1-23-16-9-13-15(10-17(16)24-2)21-14-6-3-5-12(14)18(13)20-11-19(22)7-4-8-19/h9-10,22H,3-8,11H2,1-2H3,(H,20,21). The molecule has 0 amide bonds. The summed E-state index contributed by atoms with van der Waals surface area (Å²) in [5.41, 5.74) is 3.91. The van der Waals surface area contributed by atoms with Gasteiger partial charge >= 0.3 is 0 Å². The maximum Gasteiger partial charge on any atom is 0.162 e. The van der Waals surface area contributed by atoms with Crippen molar-refractivity contribution in [3.05, 3.63) is 23.4 Å². The highest BCUT2D eigenvalue weighted by molar-refractivity contribution is 5.96. The van der Waals surface area contributed by atoms with Crippen LogP contribution in [0.5, 0.6) is 11.5 Å². The lowest BCUT2D eigenvalue weighted by molar-refractivity contribution is -0.0201. The van der Waals surface area contributed by atoms with Gasteiger partial charge in [-0.05, 0) is 50.2 Å². The van der Waals surface area contributed by atoms with Gasteiger partial charge in [-0.25, -0.2) is 0 Å². The summed E-state index contributed by atoms with van der Waals surface area (Å²) in [5, 5.41) is 15.0. The molecular formula is C19H24N2O3. The van der Waals surface area contributed by atoms with Gasteiger partial charge in [0.05, 0.1) is 25.3 Å². The maximum atomic E-state index is 10.5. The number of methoxy groups -OCH3 is 2. The molecule has 1 fully saturated rings. The summed E-state index contributed by atoms with van der Waals surface area (Å²) in [6, 6.07) is 3.93. The van der Waals surface area contributed by atoms with Gasteiger partial charge in [0.2, 0.25) is 0 Å². The topological polar surface area (TPSA) is 63.6 Å². The number of nitrogens with zero attached hydrogens (tertiary/aromatic N) is 1. The first-order chi connectivity index (χ1) is 11.6. The van der Waals surface area contributed by atoms with E-state index in [1.807, 2.05) is 12.1 Å². The van der Waals surface area contributed by atoms with Crippen molar-refractivity contribution in [2.45, 2.75) is 44.1 Å². The van der Waals surface area contributed by atoms with E-state index in [9.17, 15) is 5.11 Å². The number of aryl methyl sites for hydroxylation is 1. The molecule has 5 nitrogen and oxygen atoms in total. The fourth-order valence-electron chi connectivity index (χ4n) is 3.81. The lowest BCUT2D eigenvalue weighted by atomic mass is 9.80. The number of ether oxygens (including phenoxy) is 2. The van der Waals surface area contributed by atoms with Gasteiger partial charge in [-0.2, -0.15) is 0 Å². The Kier molecular flexibility index (Phi) is 3.76. The number of aromatic nitrogens is 1. The summed E-state index contributed by atoms with van der Waals surface area (Å²) in [7, 11) is 3.29. The molecule has 0 bridgehead atoms. The molecule has 2 aromatic rings. The average molecular weight is 328 g/mol. The molecular weight excluding hydrogens is 304 g/mol. The zero-order chi connectivity index (χ0) is 16.7. The Balaban J connectivity index is 1.82. The number of hydrogen-bond donors (Lipinski definition) is 2. The normalized spacial score (nSPS) is 18.1. The molecule has 0 unspecified atom stereocenters. The summed E-state index contributed by atoms with van der Waals surface area (Å²) >= 11 is 0. The maximum absolute atomic E-state index is 10.5. The largest absolute Gasteiger partial charge is 0.493 e. The third kappa shape index (κ3) is 2.47. The second kappa shape index (κ2) is 5.81. The van der Waals surface area contributed by atoms with Crippen LogP contribution in [0.4, 0.5) is 5.69 Å². The van der Waals surface area contributed by atoms with Gasteiger partial charge in [-0.1, -0.05) is 0 Å². The van der Waals surface area contributed by atoms with E-state index in [-0.39, 0.29) is 0 Å². The monoisotopic (exact) mass is 328 g/mol. The summed E-state index contributed by atoms with van der Waals surface area (Å²) in [4.78, 5) is 4.84. The number of hydrogen-bond acceptors (Lipinski definition) is 5. The van der Waals surface area contributed by atoms with Gasteiger partial charge in [0, 0.05) is 29.4 Å². The number of aliphatic hydroxyl groups is 1. The Morgan fingerprint density at radius 2 is 1.88 bits per heavy atom. The van der Waals surface area contributed by atoms with Crippen molar-refractivity contribution in [3.8, 4) is 11.5 Å². The molecule has 0 aliphatic heterocycles. The molecule has 128 valence electrons. The minimum Gasteiger partial charge on any atom is -0.493 e. The van der Waals surface area contributed by atoms with Crippen molar-refractivity contribution in [2.24, 2.45) is 0 Å². The fraction of sp³-hybridized carbons (Fsp3) is 0.526. The number of benzene rings is 1. The summed E-state index contributed by atoms with van der Waals surface area (Å²) in [6.45, 7) is 0.590. The van der Waals surface area contributed by atoms with Crippen molar-refractivity contribution < 1.29 is 14.6 Å². The highest BCUT2D eigenvalue weighted by Gasteiger charge is 2.34. The molecule has 1 saturated carbocycles. The minimum absolute atomic E-state index is 0.558. The molecule has 2 N–H and O–H groups in total. The van der Waals surface area contributed by atoms with Gasteiger partial charge in [0.25, 0.3) is 0 Å². The van der Waals surface area contributed by atoms with E-state index in [0.717, 1.165) is 60.8 Å². The van der Waals surface area contributed by atoms with Crippen LogP contribution in [-0.4, -0.2) is 36.5 Å². The van der Waals surface area contributed by atoms with Crippen molar-refractivity contribution in [1.29, 1.82) is 0 Å². The molecule has 4 rings (SSSR count). The molecule has 1 heterocycles. The number of anilines is 1. The highest BCUT2D eigenvalue weighted by atomic mass is 16.5. The van der Waals surface area contributed by atoms with Crippen molar-refractivity contribution >= 4 is 16.6 Å². The zero-order valence-corrected chi connectivity index (χ0v) is 14.3. The van der Waals surface area contributed by atoms with Crippen LogP contribution in [0.1, 0.15) is 36.9 Å². The zero-order valence-electron chi connectivity index (χ0n) is 14.3. The van der Waals surface area contributed by atoms with Crippen LogP contribution in [0.25, 0.3) is 10.9 Å².